The second-order valence-corrected chi connectivity index (χ2v) is 6.70. The van der Waals surface area contributed by atoms with Gasteiger partial charge in [-0.15, -0.1) is 0 Å². The molecule has 1 aromatic heterocycles. The predicted octanol–water partition coefficient (Wildman–Crippen LogP) is 3.40. The summed E-state index contributed by atoms with van der Waals surface area (Å²) in [6.07, 6.45) is 4.57. The van der Waals surface area contributed by atoms with Gasteiger partial charge in [-0.25, -0.2) is 9.97 Å². The second-order valence-electron chi connectivity index (χ2n) is 6.70. The lowest BCUT2D eigenvalue weighted by atomic mass is 9.97. The first-order chi connectivity index (χ1) is 13.1. The molecule has 0 aliphatic carbocycles. The fraction of sp³-hybridized carbons (Fsp3) is 0.429. The number of carbonyl (C=O) groups excluding carboxylic acids is 2. The van der Waals surface area contributed by atoms with Crippen molar-refractivity contribution in [3.8, 4) is 11.3 Å². The van der Waals surface area contributed by atoms with Crippen LogP contribution in [-0.4, -0.2) is 45.9 Å². The van der Waals surface area contributed by atoms with Crippen molar-refractivity contribution < 1.29 is 14.3 Å². The van der Waals surface area contributed by atoms with Gasteiger partial charge in [0.25, 0.3) is 5.91 Å². The Hall–Kier alpha value is -2.76. The number of rotatable bonds is 5. The highest BCUT2D eigenvalue weighted by Gasteiger charge is 2.31. The Morgan fingerprint density at radius 2 is 2.00 bits per heavy atom. The third kappa shape index (κ3) is 4.51. The molecule has 1 atom stereocenters. The molecular weight excluding hydrogens is 342 g/mol. The molecule has 6 nitrogen and oxygen atoms in total. The van der Waals surface area contributed by atoms with Crippen molar-refractivity contribution in [2.75, 3.05) is 13.2 Å². The molecule has 142 valence electrons. The second kappa shape index (κ2) is 8.75. The molecule has 1 amide bonds. The monoisotopic (exact) mass is 367 g/mol. The first kappa shape index (κ1) is 19.0. The van der Waals surface area contributed by atoms with Gasteiger partial charge in [0.05, 0.1) is 24.3 Å². The van der Waals surface area contributed by atoms with Crippen molar-refractivity contribution >= 4 is 11.9 Å². The summed E-state index contributed by atoms with van der Waals surface area (Å²) >= 11 is 0. The number of hydrogen-bond acceptors (Lipinski definition) is 5. The summed E-state index contributed by atoms with van der Waals surface area (Å²) in [5.74, 6) is 0.237. The first-order valence-electron chi connectivity index (χ1n) is 9.45. The minimum atomic E-state index is -0.259. The Bertz CT molecular complexity index is 808. The van der Waals surface area contributed by atoms with Crippen LogP contribution >= 0.6 is 0 Å². The summed E-state index contributed by atoms with van der Waals surface area (Å²) in [5.41, 5.74) is 1.99. The summed E-state index contributed by atoms with van der Waals surface area (Å²) in [4.78, 5) is 35.9. The summed E-state index contributed by atoms with van der Waals surface area (Å²) in [7, 11) is 0. The number of nitrogens with zero attached hydrogens (tertiary/aromatic N) is 3. The summed E-state index contributed by atoms with van der Waals surface area (Å²) in [5, 5.41) is 0. The number of esters is 1. The average Bonchev–Trinajstić information content (AvgIpc) is 2.69. The highest BCUT2D eigenvalue weighted by atomic mass is 16.5. The van der Waals surface area contributed by atoms with Gasteiger partial charge in [0.1, 0.15) is 5.82 Å². The number of aromatic nitrogens is 2. The maximum absolute atomic E-state index is 13.3. The summed E-state index contributed by atoms with van der Waals surface area (Å²) < 4.78 is 5.09. The molecular formula is C21H25N3O3. The van der Waals surface area contributed by atoms with Crippen LogP contribution in [0.5, 0.6) is 0 Å². The van der Waals surface area contributed by atoms with Gasteiger partial charge >= 0.3 is 5.97 Å². The molecule has 0 N–H and O–H groups in total. The van der Waals surface area contributed by atoms with E-state index in [1.807, 2.05) is 37.3 Å². The largest absolute Gasteiger partial charge is 0.466 e. The lowest BCUT2D eigenvalue weighted by molar-refractivity contribution is -0.144. The van der Waals surface area contributed by atoms with Crippen LogP contribution in [0.1, 0.15) is 48.8 Å². The number of likely N-dealkylation sites (tertiary alicyclic amines) is 1. The van der Waals surface area contributed by atoms with Crippen molar-refractivity contribution in [3.05, 3.63) is 47.9 Å². The number of hydrogen-bond donors (Lipinski definition) is 0. The van der Waals surface area contributed by atoms with E-state index >= 15 is 0 Å². The molecule has 1 aromatic carbocycles. The Morgan fingerprint density at radius 1 is 1.22 bits per heavy atom. The van der Waals surface area contributed by atoms with E-state index in [9.17, 15) is 9.59 Å². The first-order valence-corrected chi connectivity index (χ1v) is 9.45. The number of piperidine rings is 1. The summed E-state index contributed by atoms with van der Waals surface area (Å²) in [6.45, 7) is 4.58. The van der Waals surface area contributed by atoms with Gasteiger partial charge in [0.2, 0.25) is 0 Å². The lowest BCUT2D eigenvalue weighted by Gasteiger charge is -2.35. The van der Waals surface area contributed by atoms with Crippen molar-refractivity contribution in [2.45, 2.75) is 45.6 Å². The van der Waals surface area contributed by atoms with Crippen LogP contribution in [0.2, 0.25) is 0 Å². The number of benzene rings is 1. The third-order valence-corrected chi connectivity index (χ3v) is 4.78. The van der Waals surface area contributed by atoms with E-state index < -0.39 is 0 Å². The van der Waals surface area contributed by atoms with Gasteiger partial charge in [-0.3, -0.25) is 9.59 Å². The molecule has 2 aromatic rings. The molecule has 1 saturated heterocycles. The van der Waals surface area contributed by atoms with Crippen LogP contribution in [0, 0.1) is 6.92 Å². The zero-order chi connectivity index (χ0) is 19.2. The van der Waals surface area contributed by atoms with E-state index in [0.717, 1.165) is 24.8 Å². The van der Waals surface area contributed by atoms with Crippen molar-refractivity contribution in [1.82, 2.24) is 14.9 Å². The van der Waals surface area contributed by atoms with Gasteiger partial charge in [-0.1, -0.05) is 30.3 Å². The minimum absolute atomic E-state index is 0.122. The SMILES string of the molecule is CCOC(=O)C[C@@H]1CCCCN1C(=O)c1cnc(C)nc1-c1ccccc1. The van der Waals surface area contributed by atoms with Crippen LogP contribution in [0.15, 0.2) is 36.5 Å². The van der Waals surface area contributed by atoms with Crippen molar-refractivity contribution in [3.63, 3.8) is 0 Å². The number of aryl methyl sites for hydroxylation is 1. The number of ether oxygens (including phenoxy) is 1. The normalized spacial score (nSPS) is 16.8. The fourth-order valence-electron chi connectivity index (χ4n) is 3.49. The molecule has 6 heteroatoms. The number of amides is 1. The Morgan fingerprint density at radius 3 is 2.74 bits per heavy atom. The zero-order valence-corrected chi connectivity index (χ0v) is 15.9. The molecule has 1 aliphatic rings. The topological polar surface area (TPSA) is 72.4 Å². The summed E-state index contributed by atoms with van der Waals surface area (Å²) in [6, 6.07) is 9.50. The highest BCUT2D eigenvalue weighted by Crippen LogP contribution is 2.27. The minimum Gasteiger partial charge on any atom is -0.466 e. The molecule has 0 unspecified atom stereocenters. The van der Waals surface area contributed by atoms with E-state index in [0.29, 0.717) is 30.2 Å². The van der Waals surface area contributed by atoms with Crippen molar-refractivity contribution in [1.29, 1.82) is 0 Å². The van der Waals surface area contributed by atoms with E-state index in [2.05, 4.69) is 9.97 Å². The predicted molar refractivity (Wildman–Crippen MR) is 102 cm³/mol. The maximum atomic E-state index is 13.3. The van der Waals surface area contributed by atoms with Gasteiger partial charge in [0, 0.05) is 24.3 Å². The molecule has 0 bridgehead atoms. The molecule has 0 spiro atoms. The molecule has 0 saturated carbocycles. The van der Waals surface area contributed by atoms with E-state index in [1.54, 1.807) is 18.0 Å². The molecule has 3 rings (SSSR count). The van der Waals surface area contributed by atoms with Gasteiger partial charge in [-0.05, 0) is 33.1 Å². The van der Waals surface area contributed by atoms with E-state index in [4.69, 9.17) is 4.74 Å². The lowest BCUT2D eigenvalue weighted by Crippen LogP contribution is -2.45. The third-order valence-electron chi connectivity index (χ3n) is 4.78. The quantitative estimate of drug-likeness (QED) is 0.758. The van der Waals surface area contributed by atoms with Crippen LogP contribution in [0.25, 0.3) is 11.3 Å². The highest BCUT2D eigenvalue weighted by molar-refractivity contribution is 6.00. The maximum Gasteiger partial charge on any atom is 0.307 e. The van der Waals surface area contributed by atoms with Crippen LogP contribution in [0.3, 0.4) is 0 Å². The van der Waals surface area contributed by atoms with E-state index in [-0.39, 0.29) is 24.3 Å². The van der Waals surface area contributed by atoms with Gasteiger partial charge < -0.3 is 9.64 Å². The Kier molecular flexibility index (Phi) is 6.16. The van der Waals surface area contributed by atoms with E-state index in [1.165, 1.54) is 0 Å². The van der Waals surface area contributed by atoms with Crippen LogP contribution in [0.4, 0.5) is 0 Å². The Labute approximate surface area is 159 Å². The zero-order valence-electron chi connectivity index (χ0n) is 15.9. The van der Waals surface area contributed by atoms with Crippen molar-refractivity contribution in [2.24, 2.45) is 0 Å². The number of carbonyl (C=O) groups is 2. The molecule has 1 fully saturated rings. The fourth-order valence-corrected chi connectivity index (χ4v) is 3.49. The smallest absolute Gasteiger partial charge is 0.307 e. The standard InChI is InChI=1S/C21H25N3O3/c1-3-27-19(25)13-17-11-7-8-12-24(17)21(26)18-14-22-15(2)23-20(18)16-9-5-4-6-10-16/h4-6,9-10,14,17H,3,7-8,11-13H2,1-2H3/t17-/m0/s1. The molecule has 2 heterocycles. The Balaban J connectivity index is 1.91. The van der Waals surface area contributed by atoms with Gasteiger partial charge in [-0.2, -0.15) is 0 Å². The average molecular weight is 367 g/mol. The molecule has 1 aliphatic heterocycles. The molecule has 0 radical (unpaired) electrons. The van der Waals surface area contributed by atoms with Crippen LogP contribution < -0.4 is 0 Å². The van der Waals surface area contributed by atoms with Crippen LogP contribution in [-0.2, 0) is 9.53 Å². The molecule has 27 heavy (non-hydrogen) atoms. The van der Waals surface area contributed by atoms with Gasteiger partial charge in [0.15, 0.2) is 0 Å².